The molecule has 0 saturated heterocycles. The van der Waals surface area contributed by atoms with Crippen molar-refractivity contribution in [2.75, 3.05) is 20.4 Å². The van der Waals surface area contributed by atoms with Gasteiger partial charge in [0.15, 0.2) is 12.6 Å². The molecule has 1 unspecified atom stereocenters. The fourth-order valence-electron chi connectivity index (χ4n) is 1.72. The molecule has 1 amide bonds. The van der Waals surface area contributed by atoms with Crippen molar-refractivity contribution in [3.8, 4) is 5.75 Å². The number of methoxy groups -OCH3 is 1. The molecule has 1 aromatic heterocycles. The van der Waals surface area contributed by atoms with Gasteiger partial charge in [0.1, 0.15) is 5.75 Å². The number of amides is 1. The van der Waals surface area contributed by atoms with Crippen molar-refractivity contribution in [3.05, 3.63) is 54.0 Å². The van der Waals surface area contributed by atoms with E-state index >= 15 is 0 Å². The maximum Gasteiger partial charge on any atom is 0.287 e. The summed E-state index contributed by atoms with van der Waals surface area (Å²) in [5.74, 6) is 0.497. The van der Waals surface area contributed by atoms with E-state index in [0.29, 0.717) is 11.3 Å². The van der Waals surface area contributed by atoms with Gasteiger partial charge >= 0.3 is 0 Å². The molecule has 0 fully saturated rings. The van der Waals surface area contributed by atoms with E-state index in [1.54, 1.807) is 43.5 Å². The lowest BCUT2D eigenvalue weighted by Gasteiger charge is -2.12. The Hall–Kier alpha value is -2.31. The normalized spacial score (nSPS) is 11.9. The van der Waals surface area contributed by atoms with Crippen LogP contribution in [-0.4, -0.2) is 31.5 Å². The van der Waals surface area contributed by atoms with Gasteiger partial charge in [-0.25, -0.2) is 0 Å². The lowest BCUT2D eigenvalue weighted by Crippen LogP contribution is -2.28. The Morgan fingerprint density at radius 1 is 1.33 bits per heavy atom. The first kappa shape index (κ1) is 15.1. The fraction of sp³-hybridized carbons (Fsp3) is 0.267. The van der Waals surface area contributed by atoms with Crippen molar-refractivity contribution >= 4 is 5.91 Å². The van der Waals surface area contributed by atoms with Crippen LogP contribution in [-0.2, 0) is 4.74 Å². The molecule has 2 rings (SSSR count). The quantitative estimate of drug-likeness (QED) is 0.759. The minimum Gasteiger partial charge on any atom is -0.468 e. The Labute approximate surface area is 122 Å². The number of ether oxygens (including phenoxy) is 2. The molecule has 112 valence electrons. The van der Waals surface area contributed by atoms with Crippen LogP contribution in [0.25, 0.3) is 0 Å². The third-order valence-electron chi connectivity index (χ3n) is 2.81. The molecule has 0 spiro atoms. The largest absolute Gasteiger partial charge is 0.468 e. The van der Waals surface area contributed by atoms with Gasteiger partial charge in [-0.2, -0.15) is 0 Å². The summed E-state index contributed by atoms with van der Waals surface area (Å²) in [6.07, 6.45) is 0.616. The number of aliphatic hydroxyl groups excluding tert-OH is 1. The molecular weight excluding hydrogens is 274 g/mol. The first-order valence-electron chi connectivity index (χ1n) is 6.42. The second-order valence-electron chi connectivity index (χ2n) is 4.32. The van der Waals surface area contributed by atoms with Crippen molar-refractivity contribution in [3.63, 3.8) is 0 Å². The topological polar surface area (TPSA) is 80.9 Å². The third kappa shape index (κ3) is 4.34. The summed E-state index contributed by atoms with van der Waals surface area (Å²) in [4.78, 5) is 11.7. The molecule has 0 radical (unpaired) electrons. The zero-order valence-corrected chi connectivity index (χ0v) is 11.6. The number of benzene rings is 1. The van der Waals surface area contributed by atoms with Gasteiger partial charge in [-0.1, -0.05) is 12.1 Å². The Bertz CT molecular complexity index is 550. The maximum atomic E-state index is 11.7. The number of carbonyl (C=O) groups is 1. The smallest absolute Gasteiger partial charge is 0.287 e. The Kier molecular flexibility index (Phi) is 5.36. The predicted molar refractivity (Wildman–Crippen MR) is 74.9 cm³/mol. The highest BCUT2D eigenvalue weighted by Gasteiger charge is 2.12. The van der Waals surface area contributed by atoms with E-state index in [4.69, 9.17) is 13.9 Å². The highest BCUT2D eigenvalue weighted by Crippen LogP contribution is 2.17. The van der Waals surface area contributed by atoms with Gasteiger partial charge in [0.2, 0.25) is 0 Å². The minimum atomic E-state index is -0.805. The fourth-order valence-corrected chi connectivity index (χ4v) is 1.72. The van der Waals surface area contributed by atoms with Gasteiger partial charge < -0.3 is 24.3 Å². The Morgan fingerprint density at radius 2 is 2.10 bits per heavy atom. The molecule has 0 aliphatic carbocycles. The summed E-state index contributed by atoms with van der Waals surface area (Å²) >= 11 is 0. The molecular formula is C15H17NO5. The number of hydrogen-bond acceptors (Lipinski definition) is 5. The molecule has 1 aromatic carbocycles. The van der Waals surface area contributed by atoms with Crippen molar-refractivity contribution in [1.82, 2.24) is 5.32 Å². The van der Waals surface area contributed by atoms with Crippen LogP contribution in [0.4, 0.5) is 0 Å². The van der Waals surface area contributed by atoms with Gasteiger partial charge in [0.25, 0.3) is 5.91 Å². The number of nitrogens with one attached hydrogen (secondary N) is 1. The van der Waals surface area contributed by atoms with Gasteiger partial charge in [0, 0.05) is 13.7 Å². The molecule has 1 atom stereocenters. The van der Waals surface area contributed by atoms with Gasteiger partial charge in [-0.05, 0) is 29.8 Å². The number of rotatable bonds is 7. The highest BCUT2D eigenvalue weighted by atomic mass is 16.7. The molecule has 0 bridgehead atoms. The molecule has 0 saturated carbocycles. The number of furan rings is 1. The first-order valence-corrected chi connectivity index (χ1v) is 6.42. The molecule has 21 heavy (non-hydrogen) atoms. The number of hydrogen-bond donors (Lipinski definition) is 2. The van der Waals surface area contributed by atoms with Crippen LogP contribution in [0.15, 0.2) is 47.1 Å². The molecule has 6 nitrogen and oxygen atoms in total. The van der Waals surface area contributed by atoms with E-state index in [2.05, 4.69) is 5.32 Å². The van der Waals surface area contributed by atoms with E-state index < -0.39 is 6.10 Å². The van der Waals surface area contributed by atoms with Crippen molar-refractivity contribution in [2.45, 2.75) is 6.10 Å². The average molecular weight is 291 g/mol. The summed E-state index contributed by atoms with van der Waals surface area (Å²) in [6.45, 7) is 0.263. The van der Waals surface area contributed by atoms with E-state index in [0.717, 1.165) is 0 Å². The SMILES string of the molecule is COCOc1ccc(C(O)CNC(=O)c2ccco2)cc1. The zero-order chi connectivity index (χ0) is 15.1. The summed E-state index contributed by atoms with van der Waals surface area (Å²) in [5, 5.41) is 12.6. The minimum absolute atomic E-state index is 0.0950. The Balaban J connectivity index is 1.85. The molecule has 2 aromatic rings. The highest BCUT2D eigenvalue weighted by molar-refractivity contribution is 5.91. The van der Waals surface area contributed by atoms with E-state index in [-0.39, 0.29) is 25.0 Å². The van der Waals surface area contributed by atoms with E-state index in [9.17, 15) is 9.90 Å². The van der Waals surface area contributed by atoms with Crippen LogP contribution in [0, 0.1) is 0 Å². The predicted octanol–water partition coefficient (Wildman–Crippen LogP) is 1.73. The number of carbonyl (C=O) groups excluding carboxylic acids is 1. The summed E-state index contributed by atoms with van der Waals surface area (Å²) < 4.78 is 15.0. The van der Waals surface area contributed by atoms with E-state index in [1.807, 2.05) is 0 Å². The monoisotopic (exact) mass is 291 g/mol. The van der Waals surface area contributed by atoms with Gasteiger partial charge in [0.05, 0.1) is 12.4 Å². The van der Waals surface area contributed by atoms with Crippen LogP contribution in [0.1, 0.15) is 22.2 Å². The third-order valence-corrected chi connectivity index (χ3v) is 2.81. The zero-order valence-electron chi connectivity index (χ0n) is 11.6. The Morgan fingerprint density at radius 3 is 2.71 bits per heavy atom. The lowest BCUT2D eigenvalue weighted by molar-refractivity contribution is 0.0510. The van der Waals surface area contributed by atoms with Crippen molar-refractivity contribution < 1.29 is 23.8 Å². The first-order chi connectivity index (χ1) is 10.2. The van der Waals surface area contributed by atoms with Crippen molar-refractivity contribution in [2.24, 2.45) is 0 Å². The van der Waals surface area contributed by atoms with Crippen LogP contribution < -0.4 is 10.1 Å². The van der Waals surface area contributed by atoms with Crippen LogP contribution in [0.3, 0.4) is 0 Å². The van der Waals surface area contributed by atoms with Crippen molar-refractivity contribution in [1.29, 1.82) is 0 Å². The average Bonchev–Trinajstić information content (AvgIpc) is 3.05. The summed E-state index contributed by atoms with van der Waals surface area (Å²) in [6, 6.07) is 10.1. The molecule has 1 heterocycles. The van der Waals surface area contributed by atoms with Crippen LogP contribution >= 0.6 is 0 Å². The van der Waals surface area contributed by atoms with E-state index in [1.165, 1.54) is 6.26 Å². The van der Waals surface area contributed by atoms with Crippen LogP contribution in [0.5, 0.6) is 5.75 Å². The lowest BCUT2D eigenvalue weighted by atomic mass is 10.1. The molecule has 0 aliphatic heterocycles. The molecule has 6 heteroatoms. The van der Waals surface area contributed by atoms with Gasteiger partial charge in [-0.3, -0.25) is 4.79 Å². The standard InChI is InChI=1S/C15H17NO5/c1-19-10-21-12-6-4-11(5-7-12)13(17)9-16-15(18)14-3-2-8-20-14/h2-8,13,17H,9-10H2,1H3,(H,16,18). The van der Waals surface area contributed by atoms with Crippen LogP contribution in [0.2, 0.25) is 0 Å². The molecule has 0 aliphatic rings. The summed E-state index contributed by atoms with van der Waals surface area (Å²) in [7, 11) is 1.54. The maximum absolute atomic E-state index is 11.7. The molecule has 2 N–H and O–H groups in total. The summed E-state index contributed by atoms with van der Waals surface area (Å²) in [5.41, 5.74) is 0.680. The second-order valence-corrected chi connectivity index (χ2v) is 4.32. The second kappa shape index (κ2) is 7.47. The van der Waals surface area contributed by atoms with Gasteiger partial charge in [-0.15, -0.1) is 0 Å². The number of aliphatic hydroxyl groups is 1.